The smallest absolute Gasteiger partial charge is 0.325 e. The lowest BCUT2D eigenvalue weighted by molar-refractivity contribution is -0.154. The number of amides is 2. The molecule has 0 aromatic carbocycles. The molecule has 0 bridgehead atoms. The molecule has 1 aliphatic rings. The van der Waals surface area contributed by atoms with Crippen LogP contribution in [0.25, 0.3) is 0 Å². The largest absolute Gasteiger partial charge is 0.481 e. The molecule has 19 heavy (non-hydrogen) atoms. The lowest BCUT2D eigenvalue weighted by Gasteiger charge is -2.38. The Labute approximate surface area is 111 Å². The van der Waals surface area contributed by atoms with Gasteiger partial charge in [0.1, 0.15) is 6.54 Å². The molecular formula is C12H20N2O5. The van der Waals surface area contributed by atoms with Gasteiger partial charge in [-0.15, -0.1) is 0 Å². The molecule has 0 heterocycles. The van der Waals surface area contributed by atoms with Crippen molar-refractivity contribution in [3.05, 3.63) is 0 Å². The Bertz CT molecular complexity index is 365. The summed E-state index contributed by atoms with van der Waals surface area (Å²) < 4.78 is 4.49. The number of likely N-dealkylation sites (N-methyl/N-ethyl adjacent to an activating group) is 1. The number of urea groups is 1. The first-order valence-electron chi connectivity index (χ1n) is 6.28. The summed E-state index contributed by atoms with van der Waals surface area (Å²) in [5.74, 6) is -1.39. The van der Waals surface area contributed by atoms with Crippen LogP contribution in [0, 0.1) is 5.41 Å². The molecule has 1 rings (SSSR count). The van der Waals surface area contributed by atoms with E-state index in [1.165, 1.54) is 12.0 Å². The average Bonchev–Trinajstić information content (AvgIpc) is 2.33. The normalized spacial score (nSPS) is 16.1. The monoisotopic (exact) mass is 272 g/mol. The first-order valence-corrected chi connectivity index (χ1v) is 6.28. The number of nitrogens with zero attached hydrogens (tertiary/aromatic N) is 1. The highest BCUT2D eigenvalue weighted by atomic mass is 16.5. The molecule has 0 saturated heterocycles. The van der Waals surface area contributed by atoms with Gasteiger partial charge in [-0.05, 0) is 19.8 Å². The number of ether oxygens (including phenoxy) is 1. The van der Waals surface area contributed by atoms with Crippen LogP contribution in [-0.2, 0) is 14.3 Å². The Kier molecular flexibility index (Phi) is 5.14. The van der Waals surface area contributed by atoms with Crippen molar-refractivity contribution in [2.24, 2.45) is 5.41 Å². The Morgan fingerprint density at radius 1 is 1.37 bits per heavy atom. The van der Waals surface area contributed by atoms with Gasteiger partial charge >= 0.3 is 18.0 Å². The summed E-state index contributed by atoms with van der Waals surface area (Å²) in [4.78, 5) is 35.4. The summed E-state index contributed by atoms with van der Waals surface area (Å²) in [7, 11) is 1.25. The van der Waals surface area contributed by atoms with Gasteiger partial charge in [-0.25, -0.2) is 4.79 Å². The van der Waals surface area contributed by atoms with Gasteiger partial charge in [0.2, 0.25) is 0 Å². The molecule has 1 fully saturated rings. The van der Waals surface area contributed by atoms with Gasteiger partial charge in [0, 0.05) is 13.1 Å². The van der Waals surface area contributed by atoms with Gasteiger partial charge in [0.25, 0.3) is 0 Å². The zero-order valence-corrected chi connectivity index (χ0v) is 11.3. The van der Waals surface area contributed by atoms with E-state index in [0.29, 0.717) is 19.4 Å². The predicted octanol–water partition coefficient (Wildman–Crippen LogP) is 0.446. The lowest BCUT2D eigenvalue weighted by atomic mass is 9.69. The molecule has 0 radical (unpaired) electrons. The summed E-state index contributed by atoms with van der Waals surface area (Å²) >= 11 is 0. The van der Waals surface area contributed by atoms with E-state index in [2.05, 4.69) is 10.1 Å². The molecule has 2 N–H and O–H groups in total. The van der Waals surface area contributed by atoms with Crippen molar-refractivity contribution in [1.29, 1.82) is 0 Å². The van der Waals surface area contributed by atoms with Gasteiger partial charge in [-0.2, -0.15) is 0 Å². The fourth-order valence-corrected chi connectivity index (χ4v) is 1.97. The third-order valence-corrected chi connectivity index (χ3v) is 3.56. The van der Waals surface area contributed by atoms with Crippen molar-refractivity contribution >= 4 is 18.0 Å². The summed E-state index contributed by atoms with van der Waals surface area (Å²) in [6, 6.07) is -0.444. The molecule has 0 aromatic rings. The predicted molar refractivity (Wildman–Crippen MR) is 66.6 cm³/mol. The van der Waals surface area contributed by atoms with Crippen LogP contribution in [0.1, 0.15) is 26.2 Å². The van der Waals surface area contributed by atoms with Crippen LogP contribution >= 0.6 is 0 Å². The SMILES string of the molecule is CCN(CC(=O)OC)C(=O)NCC1(C(=O)O)CCC1. The standard InChI is InChI=1S/C12H20N2O5/c1-3-14(7-9(15)19-2)11(18)13-8-12(10(16)17)5-4-6-12/h3-8H2,1-2H3,(H,13,18)(H,16,17). The second-order valence-corrected chi connectivity index (χ2v) is 4.69. The van der Waals surface area contributed by atoms with Crippen LogP contribution in [0.4, 0.5) is 4.79 Å². The fourth-order valence-electron chi connectivity index (χ4n) is 1.97. The van der Waals surface area contributed by atoms with Crippen molar-refractivity contribution in [2.45, 2.75) is 26.2 Å². The Morgan fingerprint density at radius 2 is 2.00 bits per heavy atom. The highest BCUT2D eigenvalue weighted by Crippen LogP contribution is 2.40. The van der Waals surface area contributed by atoms with Crippen LogP contribution in [0.2, 0.25) is 0 Å². The van der Waals surface area contributed by atoms with E-state index in [1.54, 1.807) is 6.92 Å². The van der Waals surface area contributed by atoms with Gasteiger partial charge in [0.15, 0.2) is 0 Å². The van der Waals surface area contributed by atoms with E-state index < -0.39 is 23.4 Å². The van der Waals surface area contributed by atoms with Crippen LogP contribution in [0.5, 0.6) is 0 Å². The first-order chi connectivity index (χ1) is 8.95. The zero-order valence-electron chi connectivity index (χ0n) is 11.3. The first kappa shape index (κ1) is 15.3. The van der Waals surface area contributed by atoms with Crippen LogP contribution in [0.15, 0.2) is 0 Å². The highest BCUT2D eigenvalue weighted by molar-refractivity contribution is 5.82. The minimum atomic E-state index is -0.880. The second-order valence-electron chi connectivity index (χ2n) is 4.69. The molecule has 1 saturated carbocycles. The van der Waals surface area contributed by atoms with Gasteiger partial charge in [0.05, 0.1) is 12.5 Å². The summed E-state index contributed by atoms with van der Waals surface area (Å²) in [5, 5.41) is 11.7. The summed E-state index contributed by atoms with van der Waals surface area (Å²) in [6.07, 6.45) is 2.01. The molecule has 2 amide bonds. The van der Waals surface area contributed by atoms with Crippen molar-refractivity contribution in [3.63, 3.8) is 0 Å². The van der Waals surface area contributed by atoms with E-state index in [1.807, 2.05) is 0 Å². The molecule has 0 unspecified atom stereocenters. The maximum atomic E-state index is 11.8. The topological polar surface area (TPSA) is 95.9 Å². The minimum absolute atomic E-state index is 0.0961. The van der Waals surface area contributed by atoms with Crippen molar-refractivity contribution in [2.75, 3.05) is 26.7 Å². The number of hydrogen-bond donors (Lipinski definition) is 2. The second kappa shape index (κ2) is 6.40. The van der Waals surface area contributed by atoms with Crippen molar-refractivity contribution in [3.8, 4) is 0 Å². The molecule has 7 heteroatoms. The number of methoxy groups -OCH3 is 1. The number of hydrogen-bond acceptors (Lipinski definition) is 4. The van der Waals surface area contributed by atoms with E-state index in [0.717, 1.165) is 6.42 Å². The Balaban J connectivity index is 2.49. The minimum Gasteiger partial charge on any atom is -0.481 e. The molecule has 0 spiro atoms. The number of carboxylic acid groups (broad SMARTS) is 1. The van der Waals surface area contributed by atoms with E-state index in [-0.39, 0.29) is 13.1 Å². The molecule has 0 aliphatic heterocycles. The zero-order chi connectivity index (χ0) is 14.5. The highest BCUT2D eigenvalue weighted by Gasteiger charge is 2.44. The molecule has 1 aliphatic carbocycles. The van der Waals surface area contributed by atoms with Crippen molar-refractivity contribution < 1.29 is 24.2 Å². The fraction of sp³-hybridized carbons (Fsp3) is 0.750. The van der Waals surface area contributed by atoms with E-state index >= 15 is 0 Å². The quantitative estimate of drug-likeness (QED) is 0.684. The number of carboxylic acids is 1. The number of aliphatic carboxylic acids is 1. The Morgan fingerprint density at radius 3 is 2.37 bits per heavy atom. The number of rotatable bonds is 6. The van der Waals surface area contributed by atoms with E-state index in [9.17, 15) is 14.4 Å². The average molecular weight is 272 g/mol. The maximum Gasteiger partial charge on any atom is 0.325 e. The van der Waals surface area contributed by atoms with Crippen LogP contribution in [0.3, 0.4) is 0 Å². The molecule has 7 nitrogen and oxygen atoms in total. The number of carbonyl (C=O) groups is 3. The molecule has 108 valence electrons. The third-order valence-electron chi connectivity index (χ3n) is 3.56. The Hall–Kier alpha value is -1.79. The number of carbonyl (C=O) groups excluding carboxylic acids is 2. The van der Waals surface area contributed by atoms with Gasteiger partial charge in [-0.1, -0.05) is 6.42 Å². The van der Waals surface area contributed by atoms with Crippen molar-refractivity contribution in [1.82, 2.24) is 10.2 Å². The lowest BCUT2D eigenvalue weighted by Crippen LogP contribution is -2.51. The molecule has 0 atom stereocenters. The maximum absolute atomic E-state index is 11.8. The summed E-state index contributed by atoms with van der Waals surface area (Å²) in [5.41, 5.74) is -0.833. The number of esters is 1. The third kappa shape index (κ3) is 3.59. The number of nitrogens with one attached hydrogen (secondary N) is 1. The summed E-state index contributed by atoms with van der Waals surface area (Å²) in [6.45, 7) is 2.04. The van der Waals surface area contributed by atoms with Crippen LogP contribution in [-0.4, -0.2) is 54.7 Å². The van der Waals surface area contributed by atoms with E-state index in [4.69, 9.17) is 5.11 Å². The molecule has 0 aromatic heterocycles. The molecular weight excluding hydrogens is 252 g/mol. The van der Waals surface area contributed by atoms with Gasteiger partial charge < -0.3 is 20.1 Å². The van der Waals surface area contributed by atoms with Crippen LogP contribution < -0.4 is 5.32 Å². The van der Waals surface area contributed by atoms with Gasteiger partial charge in [-0.3, -0.25) is 9.59 Å².